The van der Waals surface area contributed by atoms with Crippen molar-refractivity contribution in [2.75, 3.05) is 0 Å². The van der Waals surface area contributed by atoms with E-state index in [1.165, 1.54) is 29.1 Å². The fraction of sp³-hybridized carbons (Fsp3) is 0.0667. The number of ketones is 1. The van der Waals surface area contributed by atoms with Crippen LogP contribution in [-0.4, -0.2) is 26.0 Å². The minimum Gasteiger partial charge on any atom is -0.285 e. The predicted octanol–water partition coefficient (Wildman–Crippen LogP) is 2.34. The van der Waals surface area contributed by atoms with Crippen molar-refractivity contribution in [3.05, 3.63) is 71.3 Å². The van der Waals surface area contributed by atoms with Crippen LogP contribution in [0.5, 0.6) is 0 Å². The minimum absolute atomic E-state index is 0.00294. The van der Waals surface area contributed by atoms with Gasteiger partial charge in [0.2, 0.25) is 11.6 Å². The van der Waals surface area contributed by atoms with Gasteiger partial charge in [-0.3, -0.25) is 4.79 Å². The zero-order chi connectivity index (χ0) is 14.8. The quantitative estimate of drug-likeness (QED) is 0.692. The first-order valence-corrected chi connectivity index (χ1v) is 6.31. The van der Waals surface area contributed by atoms with E-state index < -0.39 is 0 Å². The van der Waals surface area contributed by atoms with Crippen molar-refractivity contribution in [1.82, 2.24) is 20.2 Å². The summed E-state index contributed by atoms with van der Waals surface area (Å²) in [5.74, 6) is -0.652. The van der Waals surface area contributed by atoms with Gasteiger partial charge in [-0.05, 0) is 36.4 Å². The van der Waals surface area contributed by atoms with E-state index >= 15 is 0 Å². The Morgan fingerprint density at radius 2 is 1.71 bits per heavy atom. The summed E-state index contributed by atoms with van der Waals surface area (Å²) in [5.41, 5.74) is 2.10. The predicted molar refractivity (Wildman–Crippen MR) is 73.7 cm³/mol. The lowest BCUT2D eigenvalue weighted by atomic mass is 10.1. The smallest absolute Gasteiger partial charge is 0.245 e. The number of hydrogen-bond acceptors (Lipinski definition) is 4. The van der Waals surface area contributed by atoms with E-state index in [4.69, 9.17) is 0 Å². The van der Waals surface area contributed by atoms with E-state index in [2.05, 4.69) is 15.4 Å². The van der Waals surface area contributed by atoms with Crippen molar-refractivity contribution in [1.29, 1.82) is 0 Å². The molecule has 104 valence electrons. The summed E-state index contributed by atoms with van der Waals surface area (Å²) < 4.78 is 12.9. The van der Waals surface area contributed by atoms with Gasteiger partial charge >= 0.3 is 0 Å². The maximum Gasteiger partial charge on any atom is 0.245 e. The standard InChI is InChI=1S/C15H11FN4O/c1-10-2-4-11(5-3-10)14(21)15-17-19-20(18-15)13-8-6-12(16)7-9-13/h2-9H,1H3. The van der Waals surface area contributed by atoms with Crippen molar-refractivity contribution in [3.63, 3.8) is 0 Å². The number of carbonyl (C=O) groups is 1. The normalized spacial score (nSPS) is 10.6. The van der Waals surface area contributed by atoms with Crippen molar-refractivity contribution in [3.8, 4) is 5.69 Å². The molecule has 21 heavy (non-hydrogen) atoms. The summed E-state index contributed by atoms with van der Waals surface area (Å²) in [6.45, 7) is 1.94. The topological polar surface area (TPSA) is 60.7 Å². The van der Waals surface area contributed by atoms with Crippen LogP contribution in [0.4, 0.5) is 4.39 Å². The van der Waals surface area contributed by atoms with Gasteiger partial charge in [0.15, 0.2) is 0 Å². The first-order valence-electron chi connectivity index (χ1n) is 6.31. The highest BCUT2D eigenvalue weighted by Gasteiger charge is 2.15. The Kier molecular flexibility index (Phi) is 3.27. The molecule has 3 rings (SSSR count). The molecule has 2 aromatic carbocycles. The van der Waals surface area contributed by atoms with Crippen LogP contribution in [-0.2, 0) is 0 Å². The van der Waals surface area contributed by atoms with Gasteiger partial charge in [0.05, 0.1) is 5.69 Å². The van der Waals surface area contributed by atoms with Crippen LogP contribution in [0.3, 0.4) is 0 Å². The third kappa shape index (κ3) is 2.69. The number of aromatic nitrogens is 4. The fourth-order valence-corrected chi connectivity index (χ4v) is 1.82. The molecule has 0 amide bonds. The molecule has 0 N–H and O–H groups in total. The van der Waals surface area contributed by atoms with E-state index in [9.17, 15) is 9.18 Å². The lowest BCUT2D eigenvalue weighted by Crippen LogP contribution is -2.05. The molecule has 0 bridgehead atoms. The van der Waals surface area contributed by atoms with Crippen LogP contribution in [0.1, 0.15) is 21.7 Å². The average Bonchev–Trinajstić information content (AvgIpc) is 2.98. The molecule has 0 aliphatic carbocycles. The van der Waals surface area contributed by atoms with E-state index in [0.717, 1.165) is 5.56 Å². The molecule has 6 heteroatoms. The number of carbonyl (C=O) groups excluding carboxylic acids is 1. The molecule has 0 saturated carbocycles. The summed E-state index contributed by atoms with van der Waals surface area (Å²) >= 11 is 0. The van der Waals surface area contributed by atoms with Crippen LogP contribution in [0.15, 0.2) is 48.5 Å². The largest absolute Gasteiger partial charge is 0.285 e. The molecule has 0 spiro atoms. The molecular formula is C15H11FN4O. The second-order valence-electron chi connectivity index (χ2n) is 4.57. The van der Waals surface area contributed by atoms with Crippen LogP contribution >= 0.6 is 0 Å². The second-order valence-corrected chi connectivity index (χ2v) is 4.57. The highest BCUT2D eigenvalue weighted by Crippen LogP contribution is 2.09. The molecule has 0 saturated heterocycles. The van der Waals surface area contributed by atoms with Crippen LogP contribution in [0.2, 0.25) is 0 Å². The molecular weight excluding hydrogens is 271 g/mol. The summed E-state index contributed by atoms with van der Waals surface area (Å²) in [6.07, 6.45) is 0. The van der Waals surface area contributed by atoms with Gasteiger partial charge in [0, 0.05) is 5.56 Å². The highest BCUT2D eigenvalue weighted by atomic mass is 19.1. The van der Waals surface area contributed by atoms with Gasteiger partial charge in [0.1, 0.15) is 5.82 Å². The van der Waals surface area contributed by atoms with Gasteiger partial charge in [-0.1, -0.05) is 29.8 Å². The van der Waals surface area contributed by atoms with Gasteiger partial charge in [-0.15, -0.1) is 15.0 Å². The average molecular weight is 282 g/mol. The van der Waals surface area contributed by atoms with Crippen LogP contribution < -0.4 is 0 Å². The Morgan fingerprint density at radius 1 is 1.05 bits per heavy atom. The molecule has 0 atom stereocenters. The molecule has 1 heterocycles. The zero-order valence-corrected chi connectivity index (χ0v) is 11.2. The number of rotatable bonds is 3. The molecule has 0 aliphatic heterocycles. The van der Waals surface area contributed by atoms with Gasteiger partial charge in [-0.25, -0.2) is 4.39 Å². The third-order valence-corrected chi connectivity index (χ3v) is 2.99. The van der Waals surface area contributed by atoms with Crippen molar-refractivity contribution < 1.29 is 9.18 Å². The highest BCUT2D eigenvalue weighted by molar-refractivity contribution is 6.06. The zero-order valence-electron chi connectivity index (χ0n) is 11.2. The molecule has 0 aliphatic rings. The summed E-state index contributed by atoms with van der Waals surface area (Å²) in [5, 5.41) is 11.6. The van der Waals surface area contributed by atoms with Crippen molar-refractivity contribution in [2.24, 2.45) is 0 Å². The maximum absolute atomic E-state index is 12.9. The van der Waals surface area contributed by atoms with Crippen molar-refractivity contribution in [2.45, 2.75) is 6.92 Å². The molecule has 0 radical (unpaired) electrons. The van der Waals surface area contributed by atoms with Crippen LogP contribution in [0.25, 0.3) is 5.69 Å². The van der Waals surface area contributed by atoms with Crippen molar-refractivity contribution >= 4 is 5.78 Å². The minimum atomic E-state index is -0.352. The number of aryl methyl sites for hydroxylation is 1. The van der Waals surface area contributed by atoms with E-state index in [1.807, 2.05) is 19.1 Å². The number of nitrogens with zero attached hydrogens (tertiary/aromatic N) is 4. The summed E-state index contributed by atoms with van der Waals surface area (Å²) in [6, 6.07) is 12.7. The lowest BCUT2D eigenvalue weighted by molar-refractivity contribution is 0.102. The monoisotopic (exact) mass is 282 g/mol. The Balaban J connectivity index is 1.89. The Hall–Kier alpha value is -2.89. The number of hydrogen-bond donors (Lipinski definition) is 0. The SMILES string of the molecule is Cc1ccc(C(=O)c2nnn(-c3ccc(F)cc3)n2)cc1. The first-order chi connectivity index (χ1) is 10.1. The fourth-order valence-electron chi connectivity index (χ4n) is 1.82. The number of halogens is 1. The summed E-state index contributed by atoms with van der Waals surface area (Å²) in [4.78, 5) is 13.4. The maximum atomic E-state index is 12.9. The van der Waals surface area contributed by atoms with E-state index in [1.54, 1.807) is 12.1 Å². The molecule has 1 aromatic heterocycles. The van der Waals surface area contributed by atoms with E-state index in [0.29, 0.717) is 11.3 Å². The Bertz CT molecular complexity index is 778. The molecule has 0 fully saturated rings. The third-order valence-electron chi connectivity index (χ3n) is 2.99. The first kappa shape index (κ1) is 13.1. The number of tetrazole rings is 1. The Labute approximate surface area is 120 Å². The summed E-state index contributed by atoms with van der Waals surface area (Å²) in [7, 11) is 0. The number of benzene rings is 2. The molecule has 0 unspecified atom stereocenters. The lowest BCUT2D eigenvalue weighted by Gasteiger charge is -1.98. The molecule has 3 aromatic rings. The van der Waals surface area contributed by atoms with Gasteiger partial charge in [0.25, 0.3) is 0 Å². The van der Waals surface area contributed by atoms with Gasteiger partial charge in [-0.2, -0.15) is 0 Å². The van der Waals surface area contributed by atoms with Gasteiger partial charge < -0.3 is 0 Å². The van der Waals surface area contributed by atoms with E-state index in [-0.39, 0.29) is 17.4 Å². The molecule has 5 nitrogen and oxygen atoms in total. The van der Waals surface area contributed by atoms with Crippen LogP contribution in [0, 0.1) is 12.7 Å². The second kappa shape index (κ2) is 5.24. The Morgan fingerprint density at radius 3 is 2.38 bits per heavy atom.